The highest BCUT2D eigenvalue weighted by Gasteiger charge is 2.27. The number of amides is 1. The SMILES string of the molecule is O=C(CN(CC(=O)Oc1c(I)ccc(I)c1I)C(=O)Oc1c(I)ccc(I)c1I)Oc1c(I)ccc(I)c1I. The fourth-order valence-electron chi connectivity index (χ4n) is 2.75. The Morgan fingerprint density at radius 2 is 0.769 bits per heavy atom. The van der Waals surface area contributed by atoms with Crippen LogP contribution in [0.2, 0.25) is 0 Å². The zero-order valence-electron chi connectivity index (χ0n) is 18.7. The average molecular weight is 1540 g/mol. The van der Waals surface area contributed by atoms with Crippen LogP contribution in [0.5, 0.6) is 17.2 Å². The fraction of sp³-hybridized carbons (Fsp3) is 0.0870. The lowest BCUT2D eigenvalue weighted by atomic mass is 10.3. The largest absolute Gasteiger partial charge is 0.423 e. The molecule has 0 aromatic heterocycles. The molecule has 0 radical (unpaired) electrons. The summed E-state index contributed by atoms with van der Waals surface area (Å²) in [5, 5.41) is 0. The van der Waals surface area contributed by atoms with Gasteiger partial charge in [-0.3, -0.25) is 4.90 Å². The Morgan fingerprint density at radius 3 is 1.10 bits per heavy atom. The molecule has 0 bridgehead atoms. The third-order valence-corrected chi connectivity index (χ3v) is 16.1. The van der Waals surface area contributed by atoms with Crippen molar-refractivity contribution in [2.45, 2.75) is 0 Å². The molecule has 0 aliphatic carbocycles. The standard InChI is InChI=1S/C23H10I9NO6/c24-9-1-4-12(27)20(17(9)30)37-15(34)7-33(23(36)39-22-14(29)6-3-11(26)19(22)32)8-16(35)38-21-13(28)5-2-10(25)18(21)31/h1-6H,7-8H2. The van der Waals surface area contributed by atoms with Crippen LogP contribution < -0.4 is 14.2 Å². The molecular weight excluding hydrogens is 1530 g/mol. The first-order chi connectivity index (χ1) is 18.3. The second-order valence-corrected chi connectivity index (χ2v) is 17.4. The predicted octanol–water partition coefficient (Wildman–Crippen LogP) is 9.14. The molecule has 0 saturated heterocycles. The molecule has 1 amide bonds. The van der Waals surface area contributed by atoms with Crippen molar-refractivity contribution in [2.75, 3.05) is 13.1 Å². The van der Waals surface area contributed by atoms with Gasteiger partial charge in [-0.05, 0) is 240 Å². The first kappa shape index (κ1) is 35.9. The van der Waals surface area contributed by atoms with Crippen molar-refractivity contribution in [3.8, 4) is 17.2 Å². The van der Waals surface area contributed by atoms with E-state index < -0.39 is 31.1 Å². The summed E-state index contributed by atoms with van der Waals surface area (Å²) >= 11 is 19.0. The summed E-state index contributed by atoms with van der Waals surface area (Å²) in [7, 11) is 0. The van der Waals surface area contributed by atoms with E-state index in [0.29, 0.717) is 20.8 Å². The van der Waals surface area contributed by atoms with Crippen molar-refractivity contribution in [1.29, 1.82) is 0 Å². The molecule has 39 heavy (non-hydrogen) atoms. The van der Waals surface area contributed by atoms with E-state index in [-0.39, 0.29) is 0 Å². The maximum Gasteiger partial charge on any atom is 0.416 e. The number of halogens is 9. The van der Waals surface area contributed by atoms with Crippen molar-refractivity contribution in [3.05, 3.63) is 68.5 Å². The van der Waals surface area contributed by atoms with Crippen molar-refractivity contribution >= 4 is 221 Å². The van der Waals surface area contributed by atoms with E-state index in [4.69, 9.17) is 14.2 Å². The van der Waals surface area contributed by atoms with E-state index in [1.54, 1.807) is 0 Å². The average Bonchev–Trinajstić information content (AvgIpc) is 2.88. The van der Waals surface area contributed by atoms with Crippen LogP contribution in [0.3, 0.4) is 0 Å². The number of hydrogen-bond donors (Lipinski definition) is 0. The van der Waals surface area contributed by atoms with Gasteiger partial charge in [0, 0.05) is 10.7 Å². The van der Waals surface area contributed by atoms with Crippen LogP contribution in [0.1, 0.15) is 0 Å². The summed E-state index contributed by atoms with van der Waals surface area (Å²) in [6, 6.07) is 11.2. The van der Waals surface area contributed by atoms with E-state index in [1.165, 1.54) is 0 Å². The van der Waals surface area contributed by atoms with Gasteiger partial charge in [0.05, 0.1) is 21.4 Å². The van der Waals surface area contributed by atoms with Crippen LogP contribution in [0.15, 0.2) is 36.4 Å². The van der Waals surface area contributed by atoms with Crippen molar-refractivity contribution < 1.29 is 28.6 Å². The van der Waals surface area contributed by atoms with E-state index in [2.05, 4.69) is 203 Å². The third-order valence-electron chi connectivity index (χ3n) is 4.53. The minimum Gasteiger partial charge on any atom is -0.423 e. The van der Waals surface area contributed by atoms with Gasteiger partial charge in [0.15, 0.2) is 17.2 Å². The number of carbonyl (C=O) groups excluding carboxylic acids is 3. The molecule has 3 aromatic carbocycles. The first-order valence-electron chi connectivity index (χ1n) is 10.1. The lowest BCUT2D eigenvalue weighted by Gasteiger charge is -2.22. The highest BCUT2D eigenvalue weighted by molar-refractivity contribution is 14.1. The summed E-state index contributed by atoms with van der Waals surface area (Å²) in [4.78, 5) is 40.4. The molecule has 0 aliphatic rings. The van der Waals surface area contributed by atoms with Crippen LogP contribution >= 0.6 is 203 Å². The van der Waals surface area contributed by atoms with Gasteiger partial charge in [-0.25, -0.2) is 14.4 Å². The lowest BCUT2D eigenvalue weighted by Crippen LogP contribution is -2.43. The molecule has 0 aliphatic heterocycles. The van der Waals surface area contributed by atoms with Crippen molar-refractivity contribution in [3.63, 3.8) is 0 Å². The van der Waals surface area contributed by atoms with Gasteiger partial charge in [-0.2, -0.15) is 0 Å². The third kappa shape index (κ3) is 9.96. The molecule has 16 heteroatoms. The maximum absolute atomic E-state index is 13.4. The van der Waals surface area contributed by atoms with E-state index in [1.807, 2.05) is 36.4 Å². The molecule has 0 atom stereocenters. The van der Waals surface area contributed by atoms with Crippen molar-refractivity contribution in [1.82, 2.24) is 4.90 Å². The van der Waals surface area contributed by atoms with E-state index in [9.17, 15) is 14.4 Å². The Bertz CT molecular complexity index is 1390. The highest BCUT2D eigenvalue weighted by atomic mass is 127. The number of nitrogens with zero attached hydrogens (tertiary/aromatic N) is 1. The molecule has 0 spiro atoms. The van der Waals surface area contributed by atoms with Gasteiger partial charge in [-0.1, -0.05) is 0 Å². The Balaban J connectivity index is 1.88. The predicted molar refractivity (Wildman–Crippen MR) is 223 cm³/mol. The molecule has 3 rings (SSSR count). The van der Waals surface area contributed by atoms with Gasteiger partial charge in [0.1, 0.15) is 13.1 Å². The van der Waals surface area contributed by atoms with Gasteiger partial charge in [0.25, 0.3) is 0 Å². The lowest BCUT2D eigenvalue weighted by molar-refractivity contribution is -0.138. The number of ether oxygens (including phenoxy) is 3. The normalized spacial score (nSPS) is 10.7. The number of hydrogen-bond acceptors (Lipinski definition) is 6. The number of benzene rings is 3. The Hall–Kier alpha value is 2.44. The zero-order valence-corrected chi connectivity index (χ0v) is 38.1. The Kier molecular flexibility index (Phi) is 15.3. The summed E-state index contributed by atoms with van der Waals surface area (Å²) in [5.41, 5.74) is 0. The van der Waals surface area contributed by atoms with Crippen molar-refractivity contribution in [2.24, 2.45) is 0 Å². The zero-order chi connectivity index (χ0) is 29.0. The molecule has 3 aromatic rings. The molecule has 0 N–H and O–H groups in total. The molecule has 0 saturated carbocycles. The van der Waals surface area contributed by atoms with E-state index >= 15 is 0 Å². The number of esters is 2. The van der Waals surface area contributed by atoms with Gasteiger partial charge >= 0.3 is 18.0 Å². The molecule has 206 valence electrons. The van der Waals surface area contributed by atoms with E-state index in [0.717, 1.165) is 33.5 Å². The van der Waals surface area contributed by atoms with Gasteiger partial charge in [-0.15, -0.1) is 0 Å². The molecule has 0 unspecified atom stereocenters. The summed E-state index contributed by atoms with van der Waals surface area (Å²) in [6.07, 6.45) is -0.874. The first-order valence-corrected chi connectivity index (χ1v) is 19.8. The number of rotatable bonds is 7. The second kappa shape index (κ2) is 16.7. The van der Waals surface area contributed by atoms with Crippen LogP contribution in [0, 0.1) is 32.1 Å². The van der Waals surface area contributed by atoms with Crippen LogP contribution in [-0.2, 0) is 9.59 Å². The summed E-state index contributed by atoms with van der Waals surface area (Å²) in [6.45, 7) is -1.05. The second-order valence-electron chi connectivity index (χ2n) is 7.19. The summed E-state index contributed by atoms with van der Waals surface area (Å²) in [5.74, 6) is -0.295. The van der Waals surface area contributed by atoms with Crippen LogP contribution in [0.4, 0.5) is 4.79 Å². The van der Waals surface area contributed by atoms with Crippen LogP contribution in [0.25, 0.3) is 0 Å². The molecular formula is C23H10I9NO6. The number of carbonyl (C=O) groups is 3. The van der Waals surface area contributed by atoms with Gasteiger partial charge < -0.3 is 14.2 Å². The topological polar surface area (TPSA) is 82.1 Å². The fourth-order valence-corrected chi connectivity index (χ4v) is 8.99. The molecule has 0 heterocycles. The maximum atomic E-state index is 13.4. The highest BCUT2D eigenvalue weighted by Crippen LogP contribution is 2.33. The minimum atomic E-state index is -0.874. The van der Waals surface area contributed by atoms with Crippen LogP contribution in [-0.4, -0.2) is 36.0 Å². The Labute approximate surface area is 346 Å². The summed E-state index contributed by atoms with van der Waals surface area (Å²) < 4.78 is 24.2. The molecule has 0 fully saturated rings. The quantitative estimate of drug-likeness (QED) is 0.102. The smallest absolute Gasteiger partial charge is 0.416 e. The Morgan fingerprint density at radius 1 is 0.487 bits per heavy atom. The monoisotopic (exact) mass is 1540 g/mol. The van der Waals surface area contributed by atoms with Gasteiger partial charge in [0.2, 0.25) is 0 Å². The minimum absolute atomic E-state index is 0.350. The molecule has 7 nitrogen and oxygen atoms in total.